The molecule has 1 aromatic heterocycles. The van der Waals surface area contributed by atoms with Crippen molar-refractivity contribution < 1.29 is 0 Å². The third-order valence-electron chi connectivity index (χ3n) is 3.89. The Labute approximate surface area is 133 Å². The zero-order valence-corrected chi connectivity index (χ0v) is 15.5. The van der Waals surface area contributed by atoms with Crippen LogP contribution in [0.2, 0.25) is 5.04 Å². The van der Waals surface area contributed by atoms with Gasteiger partial charge >= 0.3 is 0 Å². The van der Waals surface area contributed by atoms with Gasteiger partial charge in [-0.15, -0.1) is 0 Å². The average Bonchev–Trinajstić information content (AvgIpc) is 2.89. The minimum Gasteiger partial charge on any atom is -0.154 e. The van der Waals surface area contributed by atoms with E-state index in [-0.39, 0.29) is 0 Å². The lowest BCUT2D eigenvalue weighted by molar-refractivity contribution is 0.517. The van der Waals surface area contributed by atoms with Crippen molar-refractivity contribution in [1.29, 1.82) is 0 Å². The largest absolute Gasteiger partial charge is 0.154 e. The highest BCUT2D eigenvalue weighted by atomic mass is 32.1. The summed E-state index contributed by atoms with van der Waals surface area (Å²) in [5, 5.41) is 2.71. The fourth-order valence-electron chi connectivity index (χ4n) is 2.62. The molecule has 0 saturated heterocycles. The van der Waals surface area contributed by atoms with Crippen molar-refractivity contribution in [1.82, 2.24) is 0 Å². The maximum atomic E-state index is 2.44. The summed E-state index contributed by atoms with van der Waals surface area (Å²) >= 11 is 1.92. The Morgan fingerprint density at radius 3 is 2.10 bits per heavy atom. The van der Waals surface area contributed by atoms with E-state index >= 15 is 0 Å². The number of unbranched alkanes of at least 4 members (excludes halogenated alkanes) is 8. The van der Waals surface area contributed by atoms with Crippen LogP contribution in [0.5, 0.6) is 0 Å². The third-order valence-corrected chi connectivity index (χ3v) is 6.57. The molecule has 0 fully saturated rings. The highest BCUT2D eigenvalue weighted by Gasteiger charge is 2.19. The van der Waals surface area contributed by atoms with Gasteiger partial charge in [0.05, 0.1) is 0 Å². The van der Waals surface area contributed by atoms with Gasteiger partial charge in [0, 0.05) is 0 Å². The van der Waals surface area contributed by atoms with Crippen LogP contribution in [0.4, 0.5) is 0 Å². The second-order valence-corrected chi connectivity index (χ2v) is 10.0. The first-order valence-electron chi connectivity index (χ1n) is 8.46. The molecule has 0 N–H and O–H groups in total. The van der Waals surface area contributed by atoms with Gasteiger partial charge in [0.15, 0.2) is 0 Å². The highest BCUT2D eigenvalue weighted by molar-refractivity contribution is 7.20. The van der Waals surface area contributed by atoms with Crippen molar-refractivity contribution in [2.24, 2.45) is 0 Å². The number of hydrogen-bond donors (Lipinski definition) is 0. The Balaban J connectivity index is 1.97. The predicted molar refractivity (Wildman–Crippen MR) is 95.6 cm³/mol. The van der Waals surface area contributed by atoms with Crippen molar-refractivity contribution >= 4 is 25.4 Å². The zero-order valence-electron chi connectivity index (χ0n) is 13.7. The van der Waals surface area contributed by atoms with E-state index in [0.29, 0.717) is 5.04 Å². The molecule has 0 aliphatic carbocycles. The van der Waals surface area contributed by atoms with Crippen LogP contribution in [-0.2, 0) is 0 Å². The maximum absolute atomic E-state index is 2.44. The van der Waals surface area contributed by atoms with E-state index in [1.807, 2.05) is 11.3 Å². The van der Waals surface area contributed by atoms with Crippen molar-refractivity contribution in [3.63, 3.8) is 0 Å². The van der Waals surface area contributed by atoms with Gasteiger partial charge in [0.2, 0.25) is 0 Å². The summed E-state index contributed by atoms with van der Waals surface area (Å²) in [4.78, 5) is 0. The van der Waals surface area contributed by atoms with Crippen LogP contribution in [-0.4, -0.2) is 9.52 Å². The number of rotatable bonds is 12. The van der Waals surface area contributed by atoms with Gasteiger partial charge in [0.25, 0.3) is 0 Å². The summed E-state index contributed by atoms with van der Waals surface area (Å²) in [6, 6.07) is 4.47. The van der Waals surface area contributed by atoms with Crippen molar-refractivity contribution in [2.75, 3.05) is 0 Å². The molecule has 114 valence electrons. The van der Waals surface area contributed by atoms with E-state index in [0.717, 1.165) is 9.52 Å². The minimum atomic E-state index is 0.506. The summed E-state index contributed by atoms with van der Waals surface area (Å²) in [6.45, 7) is 7.17. The third kappa shape index (κ3) is 8.96. The molecule has 0 aliphatic heterocycles. The summed E-state index contributed by atoms with van der Waals surface area (Å²) in [6.07, 6.45) is 14.3. The summed E-state index contributed by atoms with van der Waals surface area (Å²) in [5.41, 5.74) is 0. The van der Waals surface area contributed by atoms with Gasteiger partial charge in [0.1, 0.15) is 9.52 Å². The normalized spacial score (nSPS) is 11.9. The fraction of sp³-hybridized carbons (Fsp3) is 0.778. The molecule has 0 unspecified atom stereocenters. The molecular formula is C18H32SSi. The van der Waals surface area contributed by atoms with Crippen LogP contribution in [0.1, 0.15) is 85.0 Å². The molecule has 0 aromatic carbocycles. The Morgan fingerprint density at radius 1 is 0.950 bits per heavy atom. The number of hydrogen-bond acceptors (Lipinski definition) is 1. The standard InChI is InChI=1S/C18H32SSi/c1-4-5-6-7-8-9-10-11-12-15-18(2,3)20-17-14-13-16-19-17/h13-14,16H,4-12,15H2,1-3H3. The first-order chi connectivity index (χ1) is 9.64. The first kappa shape index (κ1) is 18.0. The lowest BCUT2D eigenvalue weighted by Gasteiger charge is -2.22. The molecule has 0 atom stereocenters. The van der Waals surface area contributed by atoms with E-state index in [2.05, 4.69) is 38.3 Å². The van der Waals surface area contributed by atoms with Crippen molar-refractivity contribution in [3.05, 3.63) is 17.5 Å². The molecule has 0 bridgehead atoms. The molecule has 20 heavy (non-hydrogen) atoms. The Kier molecular flexibility index (Phi) is 9.54. The van der Waals surface area contributed by atoms with Gasteiger partial charge in [-0.3, -0.25) is 0 Å². The van der Waals surface area contributed by atoms with Gasteiger partial charge < -0.3 is 0 Å². The van der Waals surface area contributed by atoms with Crippen LogP contribution in [0.25, 0.3) is 0 Å². The van der Waals surface area contributed by atoms with Gasteiger partial charge in [-0.2, -0.15) is 11.3 Å². The average molecular weight is 309 g/mol. The highest BCUT2D eigenvalue weighted by Crippen LogP contribution is 2.30. The van der Waals surface area contributed by atoms with Crippen LogP contribution < -0.4 is 4.50 Å². The van der Waals surface area contributed by atoms with E-state index in [1.165, 1.54) is 64.2 Å². The second-order valence-electron chi connectivity index (χ2n) is 6.56. The topological polar surface area (TPSA) is 0 Å². The molecule has 2 heteroatoms. The molecule has 0 aliphatic rings. The maximum Gasteiger partial charge on any atom is 0.101 e. The molecule has 2 radical (unpaired) electrons. The van der Waals surface area contributed by atoms with E-state index < -0.39 is 0 Å². The summed E-state index contributed by atoms with van der Waals surface area (Å²) < 4.78 is 1.57. The molecule has 1 aromatic rings. The van der Waals surface area contributed by atoms with Gasteiger partial charge in [-0.25, -0.2) is 0 Å². The fourth-order valence-corrected chi connectivity index (χ4v) is 5.50. The lowest BCUT2D eigenvalue weighted by atomic mass is 10.0. The monoisotopic (exact) mass is 308 g/mol. The first-order valence-corrected chi connectivity index (χ1v) is 10.3. The molecule has 0 amide bonds. The van der Waals surface area contributed by atoms with Crippen LogP contribution in [0.3, 0.4) is 0 Å². The molecule has 0 nitrogen and oxygen atoms in total. The Bertz CT molecular complexity index is 316. The second kappa shape index (κ2) is 10.6. The predicted octanol–water partition coefficient (Wildman–Crippen LogP) is 6.20. The minimum absolute atomic E-state index is 0.506. The van der Waals surface area contributed by atoms with Crippen LogP contribution in [0.15, 0.2) is 17.5 Å². The lowest BCUT2D eigenvalue weighted by Crippen LogP contribution is -2.22. The van der Waals surface area contributed by atoms with E-state index in [4.69, 9.17) is 0 Å². The summed E-state index contributed by atoms with van der Waals surface area (Å²) in [5.74, 6) is 0. The smallest absolute Gasteiger partial charge is 0.101 e. The molecule has 1 heterocycles. The van der Waals surface area contributed by atoms with Crippen LogP contribution in [0, 0.1) is 0 Å². The van der Waals surface area contributed by atoms with Gasteiger partial charge in [-0.1, -0.05) is 97.1 Å². The van der Waals surface area contributed by atoms with Crippen molar-refractivity contribution in [2.45, 2.75) is 90.0 Å². The Hall–Kier alpha value is -0.0831. The van der Waals surface area contributed by atoms with Gasteiger partial charge in [-0.05, 0) is 14.9 Å². The molecule has 1 rings (SSSR count). The van der Waals surface area contributed by atoms with Crippen molar-refractivity contribution in [3.8, 4) is 0 Å². The Morgan fingerprint density at radius 2 is 1.55 bits per heavy atom. The SMILES string of the molecule is CCCCCCCCCCCC(C)(C)[Si]c1cccs1. The van der Waals surface area contributed by atoms with Crippen LogP contribution >= 0.6 is 11.3 Å². The summed E-state index contributed by atoms with van der Waals surface area (Å²) in [7, 11) is 0.986. The zero-order chi connectivity index (χ0) is 14.7. The number of thiophene rings is 1. The molecule has 0 spiro atoms. The van der Waals surface area contributed by atoms with E-state index in [9.17, 15) is 0 Å². The van der Waals surface area contributed by atoms with E-state index in [1.54, 1.807) is 4.50 Å². The molecular weight excluding hydrogens is 276 g/mol. The quantitative estimate of drug-likeness (QED) is 0.319. The molecule has 0 saturated carbocycles.